The highest BCUT2D eigenvalue weighted by atomic mass is 79.9. The van der Waals surface area contributed by atoms with Crippen LogP contribution < -0.4 is 5.32 Å². The second-order valence-corrected chi connectivity index (χ2v) is 8.40. The summed E-state index contributed by atoms with van der Waals surface area (Å²) in [6, 6.07) is 8.23. The third-order valence-corrected chi connectivity index (χ3v) is 6.99. The molecule has 1 nitrogen and oxygen atoms in total. The number of likely N-dealkylation sites (N-methyl/N-ethyl adjacent to an activating group) is 1. The monoisotopic (exact) mass is 455 g/mol. The van der Waals surface area contributed by atoms with Crippen LogP contribution in [-0.4, -0.2) is 6.54 Å². The number of thiophene rings is 1. The molecule has 0 aliphatic heterocycles. The lowest BCUT2D eigenvalue weighted by Crippen LogP contribution is -2.22. The topological polar surface area (TPSA) is 12.0 Å². The van der Waals surface area contributed by atoms with Crippen LogP contribution in [0.3, 0.4) is 0 Å². The molecule has 1 heterocycles. The molecular formula is C14H13Br2Cl2NS. The highest BCUT2D eigenvalue weighted by molar-refractivity contribution is 9.13. The largest absolute Gasteiger partial charge is 0.309 e. The molecule has 1 unspecified atom stereocenters. The SMILES string of the molecule is CCNC(Cc1ccc(Cl)c(Cl)c1)c1cc(Br)c(Br)s1. The highest BCUT2D eigenvalue weighted by Crippen LogP contribution is 2.36. The van der Waals surface area contributed by atoms with E-state index in [4.69, 9.17) is 23.2 Å². The first-order valence-electron chi connectivity index (χ1n) is 6.13. The van der Waals surface area contributed by atoms with Crippen molar-refractivity contribution in [3.8, 4) is 0 Å². The molecule has 0 radical (unpaired) electrons. The lowest BCUT2D eigenvalue weighted by Gasteiger charge is -2.16. The van der Waals surface area contributed by atoms with Crippen LogP contribution in [0, 0.1) is 0 Å². The van der Waals surface area contributed by atoms with Crippen molar-refractivity contribution in [2.75, 3.05) is 6.54 Å². The van der Waals surface area contributed by atoms with Crippen molar-refractivity contribution in [2.24, 2.45) is 0 Å². The normalized spacial score (nSPS) is 12.7. The minimum absolute atomic E-state index is 0.268. The number of hydrogen-bond acceptors (Lipinski definition) is 2. The Morgan fingerprint density at radius 3 is 2.50 bits per heavy atom. The van der Waals surface area contributed by atoms with Gasteiger partial charge in [0, 0.05) is 15.4 Å². The van der Waals surface area contributed by atoms with Gasteiger partial charge in [-0.3, -0.25) is 0 Å². The molecule has 6 heteroatoms. The van der Waals surface area contributed by atoms with Crippen LogP contribution >= 0.6 is 66.4 Å². The van der Waals surface area contributed by atoms with Crippen LogP contribution in [-0.2, 0) is 6.42 Å². The van der Waals surface area contributed by atoms with Gasteiger partial charge in [0.05, 0.1) is 13.8 Å². The van der Waals surface area contributed by atoms with Crippen LogP contribution in [0.2, 0.25) is 10.0 Å². The molecule has 2 aromatic rings. The summed E-state index contributed by atoms with van der Waals surface area (Å²) in [7, 11) is 0. The van der Waals surface area contributed by atoms with Crippen molar-refractivity contribution in [3.63, 3.8) is 0 Å². The van der Waals surface area contributed by atoms with E-state index in [1.165, 1.54) is 10.4 Å². The first kappa shape index (κ1) is 16.8. The van der Waals surface area contributed by atoms with Crippen molar-refractivity contribution >= 4 is 66.4 Å². The van der Waals surface area contributed by atoms with Gasteiger partial charge in [0.1, 0.15) is 0 Å². The van der Waals surface area contributed by atoms with E-state index in [1.807, 2.05) is 18.2 Å². The van der Waals surface area contributed by atoms with Gasteiger partial charge in [0.15, 0.2) is 0 Å². The summed E-state index contributed by atoms with van der Waals surface area (Å²) in [6.45, 7) is 3.03. The summed E-state index contributed by atoms with van der Waals surface area (Å²) in [5.41, 5.74) is 1.17. The highest BCUT2D eigenvalue weighted by Gasteiger charge is 2.16. The summed E-state index contributed by atoms with van der Waals surface area (Å²) >= 11 is 20.9. The molecule has 0 aliphatic carbocycles. The van der Waals surface area contributed by atoms with Crippen LogP contribution in [0.1, 0.15) is 23.4 Å². The second-order valence-electron chi connectivity index (χ2n) is 4.33. The molecule has 0 saturated carbocycles. The van der Waals surface area contributed by atoms with Crippen molar-refractivity contribution < 1.29 is 0 Å². The Morgan fingerprint density at radius 1 is 1.20 bits per heavy atom. The standard InChI is InChI=1S/C14H13Br2Cl2NS/c1-2-19-12(13-7-9(15)14(16)20-13)6-8-3-4-10(17)11(18)5-8/h3-5,7,12,19H,2,6H2,1H3. The van der Waals surface area contributed by atoms with Crippen LogP contribution in [0.25, 0.3) is 0 Å². The number of rotatable bonds is 5. The van der Waals surface area contributed by atoms with Gasteiger partial charge >= 0.3 is 0 Å². The van der Waals surface area contributed by atoms with E-state index in [9.17, 15) is 0 Å². The molecule has 0 spiro atoms. The smallest absolute Gasteiger partial charge is 0.0843 e. The molecule has 20 heavy (non-hydrogen) atoms. The van der Waals surface area contributed by atoms with Crippen molar-refractivity contribution in [1.29, 1.82) is 0 Å². The molecular weight excluding hydrogens is 445 g/mol. The molecule has 0 fully saturated rings. The number of halogens is 4. The Kier molecular flexibility index (Phi) is 6.39. The molecule has 2 rings (SSSR count). The quantitative estimate of drug-likeness (QED) is 0.542. The lowest BCUT2D eigenvalue weighted by molar-refractivity contribution is 0.558. The first-order chi connectivity index (χ1) is 9.51. The molecule has 1 atom stereocenters. The van der Waals surface area contributed by atoms with Crippen molar-refractivity contribution in [1.82, 2.24) is 5.32 Å². The number of hydrogen-bond donors (Lipinski definition) is 1. The molecule has 0 amide bonds. The zero-order valence-electron chi connectivity index (χ0n) is 10.7. The Morgan fingerprint density at radius 2 is 1.95 bits per heavy atom. The molecule has 1 N–H and O–H groups in total. The molecule has 0 bridgehead atoms. The third kappa shape index (κ3) is 4.21. The maximum absolute atomic E-state index is 6.08. The fraction of sp³-hybridized carbons (Fsp3) is 0.286. The van der Waals surface area contributed by atoms with E-state index >= 15 is 0 Å². The van der Waals surface area contributed by atoms with Crippen LogP contribution in [0.5, 0.6) is 0 Å². The Labute approximate surface area is 149 Å². The van der Waals surface area contributed by atoms with Gasteiger partial charge in [0.25, 0.3) is 0 Å². The maximum atomic E-state index is 6.08. The van der Waals surface area contributed by atoms with E-state index in [1.54, 1.807) is 11.3 Å². The van der Waals surface area contributed by atoms with Gasteiger partial charge in [0.2, 0.25) is 0 Å². The van der Waals surface area contributed by atoms with E-state index in [-0.39, 0.29) is 6.04 Å². The molecule has 1 aromatic carbocycles. The summed E-state index contributed by atoms with van der Waals surface area (Å²) in [5.74, 6) is 0. The summed E-state index contributed by atoms with van der Waals surface area (Å²) in [6.07, 6.45) is 0.879. The Balaban J connectivity index is 2.22. The minimum Gasteiger partial charge on any atom is -0.309 e. The van der Waals surface area contributed by atoms with Gasteiger partial charge in [-0.05, 0) is 68.6 Å². The van der Waals surface area contributed by atoms with Crippen LogP contribution in [0.15, 0.2) is 32.5 Å². The zero-order valence-corrected chi connectivity index (χ0v) is 16.2. The van der Waals surface area contributed by atoms with Crippen molar-refractivity contribution in [2.45, 2.75) is 19.4 Å². The third-order valence-electron chi connectivity index (χ3n) is 2.88. The molecule has 108 valence electrons. The van der Waals surface area contributed by atoms with Gasteiger partial charge in [-0.15, -0.1) is 11.3 Å². The summed E-state index contributed by atoms with van der Waals surface area (Å²) < 4.78 is 2.21. The lowest BCUT2D eigenvalue weighted by atomic mass is 10.0. The van der Waals surface area contributed by atoms with E-state index in [0.29, 0.717) is 10.0 Å². The summed E-state index contributed by atoms with van der Waals surface area (Å²) in [4.78, 5) is 1.29. The Bertz CT molecular complexity index is 581. The second kappa shape index (κ2) is 7.61. The zero-order chi connectivity index (χ0) is 14.7. The molecule has 0 aliphatic rings. The fourth-order valence-corrected chi connectivity index (χ4v) is 4.44. The van der Waals surface area contributed by atoms with Gasteiger partial charge in [-0.25, -0.2) is 0 Å². The average molecular weight is 458 g/mol. The number of benzene rings is 1. The van der Waals surface area contributed by atoms with Gasteiger partial charge in [-0.2, -0.15) is 0 Å². The molecule has 1 aromatic heterocycles. The Hall–Kier alpha value is 0.420. The van der Waals surface area contributed by atoms with Gasteiger partial charge in [-0.1, -0.05) is 36.2 Å². The number of nitrogens with one attached hydrogen (secondary N) is 1. The van der Waals surface area contributed by atoms with Crippen molar-refractivity contribution in [3.05, 3.63) is 53.0 Å². The first-order valence-corrected chi connectivity index (χ1v) is 9.29. The van der Waals surface area contributed by atoms with E-state index < -0.39 is 0 Å². The van der Waals surface area contributed by atoms with Gasteiger partial charge < -0.3 is 5.32 Å². The maximum Gasteiger partial charge on any atom is 0.0843 e. The summed E-state index contributed by atoms with van der Waals surface area (Å²) in [5, 5.41) is 4.71. The van der Waals surface area contributed by atoms with E-state index in [2.05, 4.69) is 50.2 Å². The average Bonchev–Trinajstić information content (AvgIpc) is 2.73. The minimum atomic E-state index is 0.268. The van der Waals surface area contributed by atoms with Crippen LogP contribution in [0.4, 0.5) is 0 Å². The predicted octanol–water partition coefficient (Wildman–Crippen LogP) is 6.47. The fourth-order valence-electron chi connectivity index (χ4n) is 1.96. The predicted molar refractivity (Wildman–Crippen MR) is 96.3 cm³/mol. The van der Waals surface area contributed by atoms with E-state index in [0.717, 1.165) is 21.2 Å². The molecule has 0 saturated heterocycles.